The molecule has 0 spiro atoms. The van der Waals surface area contributed by atoms with Crippen LogP contribution < -0.4 is 0 Å². The first-order valence-electron chi connectivity index (χ1n) is 2.94. The van der Waals surface area contributed by atoms with Crippen LogP contribution in [0.25, 0.3) is 0 Å². The normalized spacial score (nSPS) is 9.90. The first-order chi connectivity index (χ1) is 4.81. The smallest absolute Gasteiger partial charge is 0.402 e. The summed E-state index contributed by atoms with van der Waals surface area (Å²) in [6, 6.07) is 0. The van der Waals surface area contributed by atoms with Crippen LogP contribution in [-0.2, 0) is 9.31 Å². The van der Waals surface area contributed by atoms with Gasteiger partial charge in [0.15, 0.2) is 0 Å². The summed E-state index contributed by atoms with van der Waals surface area (Å²) in [5.74, 6) is 0. The lowest BCUT2D eigenvalue weighted by molar-refractivity contribution is 0.0917. The molecule has 0 unspecified atom stereocenters. The topological polar surface area (TPSA) is 79.2 Å². The van der Waals surface area contributed by atoms with Gasteiger partial charge in [0.2, 0.25) is 0 Å². The minimum absolute atomic E-state index is 0.0204. The predicted octanol–water partition coefficient (Wildman–Crippen LogP) is -2.02. The molecule has 0 aromatic heterocycles. The largest absolute Gasteiger partial charge is 0.636 e. The summed E-state index contributed by atoms with van der Waals surface area (Å²) in [6.07, 6.45) is 0. The van der Waals surface area contributed by atoms with Crippen molar-refractivity contribution in [3.05, 3.63) is 0 Å². The maximum Gasteiger partial charge on any atom is 0.636 e. The van der Waals surface area contributed by atoms with Crippen molar-refractivity contribution in [3.8, 4) is 0 Å². The van der Waals surface area contributed by atoms with Gasteiger partial charge < -0.3 is 24.5 Å². The van der Waals surface area contributed by atoms with Gasteiger partial charge in [-0.3, -0.25) is 0 Å². The molecule has 0 radical (unpaired) electrons. The van der Waals surface area contributed by atoms with E-state index in [1.807, 2.05) is 0 Å². The standard InChI is InChI=1S/C4H11BO5/c6-1-3-9-5(8)10-4-2-7/h6-8H,1-4H2. The van der Waals surface area contributed by atoms with Gasteiger partial charge in [-0.1, -0.05) is 0 Å². The Kier molecular flexibility index (Phi) is 6.88. The van der Waals surface area contributed by atoms with E-state index >= 15 is 0 Å². The van der Waals surface area contributed by atoms with E-state index in [1.165, 1.54) is 0 Å². The van der Waals surface area contributed by atoms with Crippen molar-refractivity contribution < 1.29 is 24.5 Å². The Hall–Kier alpha value is -0.135. The average Bonchev–Trinajstić information content (AvgIpc) is 1.97. The zero-order chi connectivity index (χ0) is 7.82. The first kappa shape index (κ1) is 9.86. The quantitative estimate of drug-likeness (QED) is 0.381. The second kappa shape index (κ2) is 6.98. The summed E-state index contributed by atoms with van der Waals surface area (Å²) in [6.45, 7) is -0.293. The summed E-state index contributed by atoms with van der Waals surface area (Å²) in [7, 11) is -1.35. The number of aliphatic hydroxyl groups is 2. The van der Waals surface area contributed by atoms with Gasteiger partial charge in [0.1, 0.15) is 0 Å². The molecule has 0 saturated heterocycles. The van der Waals surface area contributed by atoms with Crippen LogP contribution in [0, 0.1) is 0 Å². The van der Waals surface area contributed by atoms with Gasteiger partial charge in [0.05, 0.1) is 26.4 Å². The van der Waals surface area contributed by atoms with Gasteiger partial charge in [0, 0.05) is 0 Å². The lowest BCUT2D eigenvalue weighted by Gasteiger charge is -2.04. The average molecular weight is 150 g/mol. The highest BCUT2D eigenvalue weighted by Gasteiger charge is 2.13. The van der Waals surface area contributed by atoms with Crippen LogP contribution in [0.15, 0.2) is 0 Å². The lowest BCUT2D eigenvalue weighted by Crippen LogP contribution is -2.25. The molecule has 0 fully saturated rings. The summed E-state index contributed by atoms with van der Waals surface area (Å²) >= 11 is 0. The number of aliphatic hydroxyl groups excluding tert-OH is 2. The van der Waals surface area contributed by atoms with Crippen molar-refractivity contribution in [2.24, 2.45) is 0 Å². The minimum Gasteiger partial charge on any atom is -0.402 e. The van der Waals surface area contributed by atoms with E-state index in [0.717, 1.165) is 0 Å². The summed E-state index contributed by atoms with van der Waals surface area (Å²) < 4.78 is 8.93. The van der Waals surface area contributed by atoms with Gasteiger partial charge in [-0.25, -0.2) is 0 Å². The van der Waals surface area contributed by atoms with E-state index in [2.05, 4.69) is 9.31 Å². The van der Waals surface area contributed by atoms with Crippen molar-refractivity contribution in [1.82, 2.24) is 0 Å². The molecule has 0 aromatic carbocycles. The fraction of sp³-hybridized carbons (Fsp3) is 1.00. The Balaban J connectivity index is 3.00. The highest BCUT2D eigenvalue weighted by atomic mass is 16.7. The Morgan fingerprint density at radius 2 is 1.40 bits per heavy atom. The van der Waals surface area contributed by atoms with Crippen molar-refractivity contribution in [2.75, 3.05) is 26.4 Å². The maximum atomic E-state index is 8.64. The van der Waals surface area contributed by atoms with Gasteiger partial charge >= 0.3 is 7.32 Å². The molecule has 0 heterocycles. The van der Waals surface area contributed by atoms with Crippen LogP contribution in [0.3, 0.4) is 0 Å². The molecule has 3 N–H and O–H groups in total. The van der Waals surface area contributed by atoms with Gasteiger partial charge in [-0.05, 0) is 0 Å². The van der Waals surface area contributed by atoms with Crippen LogP contribution in [0.2, 0.25) is 0 Å². The monoisotopic (exact) mass is 150 g/mol. The Bertz CT molecular complexity index is 62.7. The lowest BCUT2D eigenvalue weighted by atomic mass is 10.2. The highest BCUT2D eigenvalue weighted by Crippen LogP contribution is 1.82. The molecule has 5 nitrogen and oxygen atoms in total. The van der Waals surface area contributed by atoms with Crippen molar-refractivity contribution >= 4 is 7.32 Å². The third kappa shape index (κ3) is 5.99. The second-order valence-corrected chi connectivity index (χ2v) is 1.50. The predicted molar refractivity (Wildman–Crippen MR) is 34.0 cm³/mol. The molecular weight excluding hydrogens is 139 g/mol. The maximum absolute atomic E-state index is 8.64. The molecule has 0 aliphatic rings. The van der Waals surface area contributed by atoms with Crippen LogP contribution in [0.5, 0.6) is 0 Å². The molecule has 0 rings (SSSR count). The molecule has 0 bridgehead atoms. The van der Waals surface area contributed by atoms with E-state index in [1.54, 1.807) is 0 Å². The summed E-state index contributed by atoms with van der Waals surface area (Å²) in [4.78, 5) is 0. The second-order valence-electron chi connectivity index (χ2n) is 1.50. The van der Waals surface area contributed by atoms with E-state index in [4.69, 9.17) is 15.2 Å². The van der Waals surface area contributed by atoms with E-state index in [0.29, 0.717) is 0 Å². The Morgan fingerprint density at radius 3 is 1.70 bits per heavy atom. The Morgan fingerprint density at radius 1 is 1.00 bits per heavy atom. The molecular formula is C4H11BO5. The van der Waals surface area contributed by atoms with E-state index in [-0.39, 0.29) is 26.4 Å². The van der Waals surface area contributed by atoms with Crippen LogP contribution in [-0.4, -0.2) is 49.0 Å². The van der Waals surface area contributed by atoms with E-state index < -0.39 is 7.32 Å². The van der Waals surface area contributed by atoms with Crippen LogP contribution in [0.4, 0.5) is 0 Å². The zero-order valence-corrected chi connectivity index (χ0v) is 5.56. The van der Waals surface area contributed by atoms with Crippen LogP contribution >= 0.6 is 0 Å². The molecule has 6 heteroatoms. The third-order valence-electron chi connectivity index (χ3n) is 0.703. The van der Waals surface area contributed by atoms with Gasteiger partial charge in [-0.2, -0.15) is 0 Å². The number of hydrogen-bond donors (Lipinski definition) is 3. The molecule has 60 valence electrons. The molecule has 0 atom stereocenters. The molecule has 0 aliphatic carbocycles. The molecule has 0 saturated carbocycles. The van der Waals surface area contributed by atoms with Crippen molar-refractivity contribution in [1.29, 1.82) is 0 Å². The molecule has 10 heavy (non-hydrogen) atoms. The van der Waals surface area contributed by atoms with Crippen LogP contribution in [0.1, 0.15) is 0 Å². The third-order valence-corrected chi connectivity index (χ3v) is 0.703. The van der Waals surface area contributed by atoms with E-state index in [9.17, 15) is 0 Å². The molecule has 0 amide bonds. The number of rotatable bonds is 6. The SMILES string of the molecule is OCCOB(O)OCCO. The highest BCUT2D eigenvalue weighted by molar-refractivity contribution is 6.34. The molecule has 0 aromatic rings. The zero-order valence-electron chi connectivity index (χ0n) is 5.56. The molecule has 0 aliphatic heterocycles. The van der Waals surface area contributed by atoms with Crippen molar-refractivity contribution in [3.63, 3.8) is 0 Å². The summed E-state index contributed by atoms with van der Waals surface area (Å²) in [5.41, 5.74) is 0. The first-order valence-corrected chi connectivity index (χ1v) is 2.94. The van der Waals surface area contributed by atoms with Crippen molar-refractivity contribution in [2.45, 2.75) is 0 Å². The van der Waals surface area contributed by atoms with Gasteiger partial charge in [-0.15, -0.1) is 0 Å². The minimum atomic E-state index is -1.35. The number of hydrogen-bond acceptors (Lipinski definition) is 5. The fourth-order valence-electron chi connectivity index (χ4n) is 0.355. The Labute approximate surface area is 59.4 Å². The fourth-order valence-corrected chi connectivity index (χ4v) is 0.355. The van der Waals surface area contributed by atoms with Gasteiger partial charge in [0.25, 0.3) is 0 Å². The summed E-state index contributed by atoms with van der Waals surface area (Å²) in [5, 5.41) is 25.0.